The van der Waals surface area contributed by atoms with Crippen molar-refractivity contribution in [3.8, 4) is 16.2 Å². The topological polar surface area (TPSA) is 22.1 Å². The summed E-state index contributed by atoms with van der Waals surface area (Å²) in [5, 5.41) is 1.16. The smallest absolute Gasteiger partial charge is 0.124 e. The Morgan fingerprint density at radius 2 is 1.94 bits per heavy atom. The molecule has 0 aliphatic carbocycles. The quantitative estimate of drug-likeness (QED) is 0.681. The van der Waals surface area contributed by atoms with Gasteiger partial charge < -0.3 is 4.74 Å². The predicted octanol–water partition coefficient (Wildman–Crippen LogP) is 4.73. The van der Waals surface area contributed by atoms with E-state index in [-0.39, 0.29) is 0 Å². The number of pyridine rings is 1. The molecule has 2 heterocycles. The van der Waals surface area contributed by atoms with Gasteiger partial charge in [0.2, 0.25) is 0 Å². The van der Waals surface area contributed by atoms with Crippen LogP contribution in [0.4, 0.5) is 0 Å². The number of benzene rings is 1. The fourth-order valence-electron chi connectivity index (χ4n) is 1.83. The van der Waals surface area contributed by atoms with Crippen LogP contribution >= 0.6 is 27.3 Å². The Morgan fingerprint density at radius 1 is 1.17 bits per heavy atom. The monoisotopic (exact) mass is 319 g/mol. The highest BCUT2D eigenvalue weighted by atomic mass is 79.9. The maximum absolute atomic E-state index is 5.17. The normalized spacial score (nSPS) is 10.8. The van der Waals surface area contributed by atoms with Crippen LogP contribution in [-0.4, -0.2) is 12.1 Å². The fourth-order valence-corrected chi connectivity index (χ4v) is 3.79. The minimum Gasteiger partial charge on any atom is -0.497 e. The molecule has 0 unspecified atom stereocenters. The molecule has 0 saturated heterocycles. The lowest BCUT2D eigenvalue weighted by molar-refractivity contribution is 0.415. The zero-order chi connectivity index (χ0) is 12.5. The molecule has 2 nitrogen and oxygen atoms in total. The second-order valence-electron chi connectivity index (χ2n) is 3.83. The third-order valence-electron chi connectivity index (χ3n) is 2.76. The van der Waals surface area contributed by atoms with Crippen molar-refractivity contribution in [3.05, 3.63) is 47.1 Å². The van der Waals surface area contributed by atoms with Gasteiger partial charge in [0, 0.05) is 16.1 Å². The molecule has 1 aromatic carbocycles. The molecule has 0 radical (unpaired) electrons. The third-order valence-corrected chi connectivity index (χ3v) is 5.01. The van der Waals surface area contributed by atoms with Crippen molar-refractivity contribution < 1.29 is 4.74 Å². The molecule has 0 spiro atoms. The van der Waals surface area contributed by atoms with E-state index in [2.05, 4.69) is 39.1 Å². The largest absolute Gasteiger partial charge is 0.497 e. The molecule has 3 aromatic rings. The van der Waals surface area contributed by atoms with Crippen LogP contribution < -0.4 is 4.74 Å². The molecule has 0 bridgehead atoms. The van der Waals surface area contributed by atoms with Gasteiger partial charge in [-0.15, -0.1) is 11.3 Å². The van der Waals surface area contributed by atoms with Gasteiger partial charge in [0.1, 0.15) is 10.6 Å². The summed E-state index contributed by atoms with van der Waals surface area (Å²) in [6.07, 6.45) is 1.82. The van der Waals surface area contributed by atoms with Gasteiger partial charge in [-0.05, 0) is 57.9 Å². The highest BCUT2D eigenvalue weighted by Gasteiger charge is 2.11. The van der Waals surface area contributed by atoms with Crippen molar-refractivity contribution >= 4 is 37.5 Å². The van der Waals surface area contributed by atoms with E-state index >= 15 is 0 Å². The van der Waals surface area contributed by atoms with Crippen LogP contribution in [0.15, 0.2) is 47.1 Å². The third kappa shape index (κ3) is 1.91. The Hall–Kier alpha value is -1.39. The molecule has 0 N–H and O–H groups in total. The van der Waals surface area contributed by atoms with E-state index < -0.39 is 0 Å². The molecule has 0 amide bonds. The molecule has 0 saturated carbocycles. The zero-order valence-corrected chi connectivity index (χ0v) is 12.1. The minimum absolute atomic E-state index is 0.870. The summed E-state index contributed by atoms with van der Waals surface area (Å²) in [6.45, 7) is 0. The average Bonchev–Trinajstić information content (AvgIpc) is 2.77. The average molecular weight is 320 g/mol. The number of nitrogens with zero attached hydrogens (tertiary/aromatic N) is 1. The van der Waals surface area contributed by atoms with Gasteiger partial charge in [-0.1, -0.05) is 0 Å². The molecular weight excluding hydrogens is 310 g/mol. The van der Waals surface area contributed by atoms with Gasteiger partial charge in [0.15, 0.2) is 0 Å². The Bertz CT molecular complexity index is 691. The Balaban J connectivity index is 2.15. The summed E-state index contributed by atoms with van der Waals surface area (Å²) in [6, 6.07) is 12.1. The van der Waals surface area contributed by atoms with Gasteiger partial charge >= 0.3 is 0 Å². The van der Waals surface area contributed by atoms with Crippen molar-refractivity contribution in [2.45, 2.75) is 0 Å². The van der Waals surface area contributed by atoms with Crippen molar-refractivity contribution in [1.29, 1.82) is 0 Å². The van der Waals surface area contributed by atoms with E-state index in [0.29, 0.717) is 0 Å². The molecule has 3 rings (SSSR count). The SMILES string of the molecule is COc1ccc(-c2sc3ncccc3c2Br)cc1. The van der Waals surface area contributed by atoms with Crippen LogP contribution in [-0.2, 0) is 0 Å². The van der Waals surface area contributed by atoms with Gasteiger partial charge in [0.05, 0.1) is 12.0 Å². The summed E-state index contributed by atoms with van der Waals surface area (Å²) in [5.74, 6) is 0.870. The molecule has 90 valence electrons. The maximum atomic E-state index is 5.17. The van der Waals surface area contributed by atoms with Crippen LogP contribution in [0, 0.1) is 0 Å². The number of ether oxygens (including phenoxy) is 1. The van der Waals surface area contributed by atoms with Gasteiger partial charge in [-0.3, -0.25) is 0 Å². The molecular formula is C14H10BrNOS. The van der Waals surface area contributed by atoms with Crippen LogP contribution in [0.1, 0.15) is 0 Å². The molecule has 2 aromatic heterocycles. The summed E-state index contributed by atoms with van der Waals surface area (Å²) < 4.78 is 6.29. The van der Waals surface area contributed by atoms with Gasteiger partial charge in [-0.25, -0.2) is 4.98 Å². The first kappa shape index (κ1) is 11.7. The summed E-state index contributed by atoms with van der Waals surface area (Å²) in [4.78, 5) is 6.64. The predicted molar refractivity (Wildman–Crippen MR) is 79.3 cm³/mol. The first-order valence-corrected chi connectivity index (χ1v) is 7.08. The Kier molecular flexibility index (Phi) is 3.06. The highest BCUT2D eigenvalue weighted by Crippen LogP contribution is 2.41. The highest BCUT2D eigenvalue weighted by molar-refractivity contribution is 9.10. The number of thiophene rings is 1. The number of hydrogen-bond acceptors (Lipinski definition) is 3. The standard InChI is InChI=1S/C14H10BrNOS/c1-17-10-6-4-9(5-7-10)13-12(15)11-3-2-8-16-14(11)18-13/h2-8H,1H3. The van der Waals surface area contributed by atoms with E-state index in [1.54, 1.807) is 18.4 Å². The van der Waals surface area contributed by atoms with Crippen LogP contribution in [0.2, 0.25) is 0 Å². The van der Waals surface area contributed by atoms with Crippen molar-refractivity contribution in [2.24, 2.45) is 0 Å². The van der Waals surface area contributed by atoms with Gasteiger partial charge in [0.25, 0.3) is 0 Å². The van der Waals surface area contributed by atoms with E-state index in [4.69, 9.17) is 4.74 Å². The molecule has 0 aliphatic rings. The second-order valence-corrected chi connectivity index (χ2v) is 5.62. The minimum atomic E-state index is 0.870. The molecule has 0 aliphatic heterocycles. The number of hydrogen-bond donors (Lipinski definition) is 0. The van der Waals surface area contributed by atoms with Crippen molar-refractivity contribution in [3.63, 3.8) is 0 Å². The number of fused-ring (bicyclic) bond motifs is 1. The second kappa shape index (κ2) is 4.71. The summed E-state index contributed by atoms with van der Waals surface area (Å²) >= 11 is 5.35. The Labute approximate surface area is 117 Å². The van der Waals surface area contributed by atoms with Crippen LogP contribution in [0.25, 0.3) is 20.7 Å². The lowest BCUT2D eigenvalue weighted by Gasteiger charge is -2.01. The van der Waals surface area contributed by atoms with Crippen molar-refractivity contribution in [1.82, 2.24) is 4.98 Å². The van der Waals surface area contributed by atoms with E-state index in [1.165, 1.54) is 10.4 Å². The molecule has 4 heteroatoms. The van der Waals surface area contributed by atoms with E-state index in [0.717, 1.165) is 20.4 Å². The van der Waals surface area contributed by atoms with Gasteiger partial charge in [-0.2, -0.15) is 0 Å². The number of aromatic nitrogens is 1. The molecule has 0 atom stereocenters. The van der Waals surface area contributed by atoms with Crippen LogP contribution in [0.3, 0.4) is 0 Å². The number of methoxy groups -OCH3 is 1. The first-order valence-electron chi connectivity index (χ1n) is 5.47. The summed E-state index contributed by atoms with van der Waals surface area (Å²) in [7, 11) is 1.67. The fraction of sp³-hybridized carbons (Fsp3) is 0.0714. The molecule has 18 heavy (non-hydrogen) atoms. The number of rotatable bonds is 2. The van der Waals surface area contributed by atoms with Crippen LogP contribution in [0.5, 0.6) is 5.75 Å². The van der Waals surface area contributed by atoms with Crippen molar-refractivity contribution in [2.75, 3.05) is 7.11 Å². The first-order chi connectivity index (χ1) is 8.79. The lowest BCUT2D eigenvalue weighted by atomic mass is 10.1. The zero-order valence-electron chi connectivity index (χ0n) is 9.68. The van der Waals surface area contributed by atoms with E-state index in [9.17, 15) is 0 Å². The lowest BCUT2D eigenvalue weighted by Crippen LogP contribution is -1.81. The summed E-state index contributed by atoms with van der Waals surface area (Å²) in [5.41, 5.74) is 1.17. The Morgan fingerprint density at radius 3 is 2.61 bits per heavy atom. The molecule has 0 fully saturated rings. The number of halogens is 1. The van der Waals surface area contributed by atoms with E-state index in [1.807, 2.05) is 24.4 Å². The maximum Gasteiger partial charge on any atom is 0.124 e.